The van der Waals surface area contributed by atoms with Crippen LogP contribution >= 0.6 is 11.6 Å². The van der Waals surface area contributed by atoms with Gasteiger partial charge in [-0.3, -0.25) is 4.68 Å². The summed E-state index contributed by atoms with van der Waals surface area (Å²) in [6, 6.07) is 4.24. The monoisotopic (exact) mass is 268 g/mol. The number of halogens is 2. The number of methoxy groups -OCH3 is 1. The van der Waals surface area contributed by atoms with Crippen LogP contribution in [0.2, 0.25) is 5.02 Å². The van der Waals surface area contributed by atoms with E-state index in [1.807, 2.05) is 0 Å². The number of rotatable bonds is 2. The third-order valence-corrected chi connectivity index (χ3v) is 2.66. The van der Waals surface area contributed by atoms with Crippen LogP contribution in [0.4, 0.5) is 4.39 Å². The fourth-order valence-electron chi connectivity index (χ4n) is 1.64. The molecule has 0 unspecified atom stereocenters. The Labute approximate surface area is 108 Å². The molecule has 18 heavy (non-hydrogen) atoms. The van der Waals surface area contributed by atoms with Crippen molar-refractivity contribution in [2.45, 2.75) is 0 Å². The fraction of sp³-hybridized carbons (Fsp3) is 0.167. The van der Waals surface area contributed by atoms with Crippen molar-refractivity contribution in [3.8, 4) is 11.1 Å². The number of hydrogen-bond donors (Lipinski definition) is 0. The summed E-state index contributed by atoms with van der Waals surface area (Å²) in [4.78, 5) is 11.6. The van der Waals surface area contributed by atoms with Crippen LogP contribution in [0.25, 0.3) is 11.1 Å². The number of nitrogens with zero attached hydrogens (tertiary/aromatic N) is 2. The summed E-state index contributed by atoms with van der Waals surface area (Å²) in [6.07, 6.45) is 1.55. The van der Waals surface area contributed by atoms with Gasteiger partial charge in [0.25, 0.3) is 0 Å². The van der Waals surface area contributed by atoms with E-state index in [0.29, 0.717) is 10.6 Å². The van der Waals surface area contributed by atoms with Crippen LogP contribution < -0.4 is 0 Å². The molecule has 6 heteroatoms. The summed E-state index contributed by atoms with van der Waals surface area (Å²) in [5, 5.41) is 4.26. The van der Waals surface area contributed by atoms with Gasteiger partial charge in [0, 0.05) is 29.4 Å². The first-order chi connectivity index (χ1) is 8.52. The molecule has 94 valence electrons. The molecule has 1 aromatic carbocycles. The number of benzene rings is 1. The van der Waals surface area contributed by atoms with Crippen molar-refractivity contribution < 1.29 is 13.9 Å². The maximum Gasteiger partial charge on any atom is 0.359 e. The molecule has 0 atom stereocenters. The van der Waals surface area contributed by atoms with Gasteiger partial charge in [-0.05, 0) is 18.2 Å². The number of carbonyl (C=O) groups is 1. The second kappa shape index (κ2) is 4.78. The average molecular weight is 269 g/mol. The van der Waals surface area contributed by atoms with E-state index in [0.717, 1.165) is 0 Å². The second-order valence-corrected chi connectivity index (χ2v) is 4.12. The molecule has 0 radical (unpaired) electrons. The highest BCUT2D eigenvalue weighted by atomic mass is 35.5. The topological polar surface area (TPSA) is 44.1 Å². The first-order valence-electron chi connectivity index (χ1n) is 5.10. The lowest BCUT2D eigenvalue weighted by atomic mass is 10.1. The van der Waals surface area contributed by atoms with Crippen molar-refractivity contribution in [3.63, 3.8) is 0 Å². The molecule has 0 saturated heterocycles. The van der Waals surface area contributed by atoms with Gasteiger partial charge in [0.05, 0.1) is 7.11 Å². The summed E-state index contributed by atoms with van der Waals surface area (Å²) in [6.45, 7) is 0. The van der Waals surface area contributed by atoms with Crippen LogP contribution in [-0.2, 0) is 11.8 Å². The molecule has 2 aromatic rings. The quantitative estimate of drug-likeness (QED) is 0.787. The molecule has 4 nitrogen and oxygen atoms in total. The molecule has 0 spiro atoms. The number of carbonyl (C=O) groups excluding carboxylic acids is 1. The average Bonchev–Trinajstić information content (AvgIpc) is 2.70. The smallest absolute Gasteiger partial charge is 0.359 e. The van der Waals surface area contributed by atoms with E-state index < -0.39 is 11.8 Å². The molecule has 0 fully saturated rings. The third-order valence-electron chi connectivity index (χ3n) is 2.43. The SMILES string of the molecule is COC(=O)c1nn(C)cc1-c1ccc(Cl)cc1F. The summed E-state index contributed by atoms with van der Waals surface area (Å²) < 4.78 is 19.9. The fourth-order valence-corrected chi connectivity index (χ4v) is 1.80. The number of esters is 1. The van der Waals surface area contributed by atoms with Crippen molar-refractivity contribution in [2.24, 2.45) is 7.05 Å². The molecular formula is C12H10ClFN2O2. The molecule has 0 aliphatic rings. The predicted octanol–water partition coefficient (Wildman–Crippen LogP) is 2.67. The molecule has 2 rings (SSSR count). The highest BCUT2D eigenvalue weighted by Crippen LogP contribution is 2.28. The van der Waals surface area contributed by atoms with Crippen molar-refractivity contribution >= 4 is 17.6 Å². The molecule has 0 aliphatic heterocycles. The zero-order chi connectivity index (χ0) is 13.3. The lowest BCUT2D eigenvalue weighted by molar-refractivity contribution is 0.0594. The summed E-state index contributed by atoms with van der Waals surface area (Å²) in [5.41, 5.74) is 0.702. The standard InChI is InChI=1S/C12H10ClFN2O2/c1-16-6-9(11(15-16)12(17)18-2)8-4-3-7(13)5-10(8)14/h3-6H,1-2H3. The van der Waals surface area contributed by atoms with Crippen LogP contribution in [-0.4, -0.2) is 22.9 Å². The summed E-state index contributed by atoms with van der Waals surface area (Å²) in [5.74, 6) is -1.12. The van der Waals surface area contributed by atoms with E-state index in [1.54, 1.807) is 19.3 Å². The minimum atomic E-state index is -0.611. The zero-order valence-electron chi connectivity index (χ0n) is 9.78. The molecule has 0 saturated carbocycles. The minimum Gasteiger partial charge on any atom is -0.464 e. The highest BCUT2D eigenvalue weighted by Gasteiger charge is 2.20. The van der Waals surface area contributed by atoms with Gasteiger partial charge in [0.15, 0.2) is 5.69 Å². The molecule has 1 heterocycles. The van der Waals surface area contributed by atoms with Crippen LogP contribution in [0.15, 0.2) is 24.4 Å². The Morgan fingerprint density at radius 2 is 2.17 bits per heavy atom. The van der Waals surface area contributed by atoms with Gasteiger partial charge in [-0.2, -0.15) is 5.10 Å². The summed E-state index contributed by atoms with van der Waals surface area (Å²) >= 11 is 5.69. The number of hydrogen-bond acceptors (Lipinski definition) is 3. The van der Waals surface area contributed by atoms with E-state index in [9.17, 15) is 9.18 Å². The summed E-state index contributed by atoms with van der Waals surface area (Å²) in [7, 11) is 2.89. The first-order valence-corrected chi connectivity index (χ1v) is 5.48. The Morgan fingerprint density at radius 3 is 2.78 bits per heavy atom. The molecule has 0 N–H and O–H groups in total. The van der Waals surface area contributed by atoms with Crippen LogP contribution in [0, 0.1) is 5.82 Å². The Morgan fingerprint density at radius 1 is 1.44 bits per heavy atom. The molecule has 0 bridgehead atoms. The highest BCUT2D eigenvalue weighted by molar-refractivity contribution is 6.30. The Kier molecular flexibility index (Phi) is 3.34. The number of ether oxygens (including phenoxy) is 1. The van der Waals surface area contributed by atoms with Gasteiger partial charge in [-0.25, -0.2) is 9.18 Å². The van der Waals surface area contributed by atoms with Crippen LogP contribution in [0.1, 0.15) is 10.5 Å². The van der Waals surface area contributed by atoms with Crippen LogP contribution in [0.3, 0.4) is 0 Å². The van der Waals surface area contributed by atoms with Gasteiger partial charge < -0.3 is 4.74 Å². The van der Waals surface area contributed by atoms with E-state index in [4.69, 9.17) is 11.6 Å². The predicted molar refractivity (Wildman–Crippen MR) is 65.0 cm³/mol. The van der Waals surface area contributed by atoms with Gasteiger partial charge in [0.1, 0.15) is 5.82 Å². The maximum atomic E-state index is 13.8. The van der Waals surface area contributed by atoms with E-state index >= 15 is 0 Å². The lowest BCUT2D eigenvalue weighted by Crippen LogP contribution is -2.04. The van der Waals surface area contributed by atoms with E-state index in [1.165, 1.54) is 23.9 Å². The van der Waals surface area contributed by atoms with Crippen molar-refractivity contribution in [3.05, 3.63) is 40.9 Å². The largest absolute Gasteiger partial charge is 0.464 e. The van der Waals surface area contributed by atoms with Gasteiger partial charge in [-0.15, -0.1) is 0 Å². The van der Waals surface area contributed by atoms with Gasteiger partial charge in [-0.1, -0.05) is 11.6 Å². The van der Waals surface area contributed by atoms with Gasteiger partial charge >= 0.3 is 5.97 Å². The third kappa shape index (κ3) is 2.22. The molecule has 0 amide bonds. The number of aryl methyl sites for hydroxylation is 1. The first kappa shape index (κ1) is 12.6. The Bertz CT molecular complexity index is 610. The molecule has 0 aliphatic carbocycles. The normalized spacial score (nSPS) is 10.4. The van der Waals surface area contributed by atoms with Crippen molar-refractivity contribution in [2.75, 3.05) is 7.11 Å². The van der Waals surface area contributed by atoms with Crippen molar-refractivity contribution in [1.29, 1.82) is 0 Å². The van der Waals surface area contributed by atoms with E-state index in [-0.39, 0.29) is 11.3 Å². The minimum absolute atomic E-state index is 0.0706. The van der Waals surface area contributed by atoms with Crippen molar-refractivity contribution in [1.82, 2.24) is 9.78 Å². The Hall–Kier alpha value is -1.88. The molecular weight excluding hydrogens is 259 g/mol. The lowest BCUT2D eigenvalue weighted by Gasteiger charge is -2.03. The molecule has 1 aromatic heterocycles. The van der Waals surface area contributed by atoms with E-state index in [2.05, 4.69) is 9.84 Å². The Balaban J connectivity index is 2.60. The number of aromatic nitrogens is 2. The van der Waals surface area contributed by atoms with Gasteiger partial charge in [0.2, 0.25) is 0 Å². The zero-order valence-corrected chi connectivity index (χ0v) is 10.5. The maximum absolute atomic E-state index is 13.8. The van der Waals surface area contributed by atoms with Crippen LogP contribution in [0.5, 0.6) is 0 Å². The second-order valence-electron chi connectivity index (χ2n) is 3.68.